The number of carbonyl (C=O) groups is 3. The lowest BCUT2D eigenvalue weighted by molar-refractivity contribution is -0.166. The van der Waals surface area contributed by atoms with Gasteiger partial charge in [0.2, 0.25) is 0 Å². The Morgan fingerprint density at radius 3 is 1.02 bits per heavy atom. The first-order chi connectivity index (χ1) is 29.5. The Kier molecular flexibility index (Phi) is 46.0. The predicted octanol–water partition coefficient (Wildman–Crippen LogP) is 16.3. The molecule has 0 aliphatic carbocycles. The minimum atomic E-state index is -0.800. The number of esters is 3. The van der Waals surface area contributed by atoms with Crippen molar-refractivity contribution in [2.24, 2.45) is 0 Å². The molecule has 0 bridgehead atoms. The highest BCUT2D eigenvalue weighted by atomic mass is 16.6. The monoisotopic (exact) mass is 837 g/mol. The highest BCUT2D eigenvalue weighted by molar-refractivity contribution is 5.71. The van der Waals surface area contributed by atoms with Crippen LogP contribution in [0.25, 0.3) is 0 Å². The third kappa shape index (κ3) is 45.9. The minimum Gasteiger partial charge on any atom is -0.462 e. The lowest BCUT2D eigenvalue weighted by Gasteiger charge is -2.18. The molecule has 0 spiro atoms. The maximum atomic E-state index is 12.7. The van der Waals surface area contributed by atoms with Gasteiger partial charge in [0.25, 0.3) is 0 Å². The van der Waals surface area contributed by atoms with Crippen molar-refractivity contribution in [3.63, 3.8) is 0 Å². The fourth-order valence-corrected chi connectivity index (χ4v) is 6.76. The van der Waals surface area contributed by atoms with Crippen LogP contribution in [-0.4, -0.2) is 37.2 Å². The van der Waals surface area contributed by atoms with E-state index in [0.29, 0.717) is 19.3 Å². The summed E-state index contributed by atoms with van der Waals surface area (Å²) in [4.78, 5) is 37.7. The fraction of sp³-hybridized carbons (Fsp3) is 0.722. The van der Waals surface area contributed by atoms with E-state index in [1.54, 1.807) is 0 Å². The van der Waals surface area contributed by atoms with Crippen molar-refractivity contribution in [2.75, 3.05) is 13.2 Å². The van der Waals surface area contributed by atoms with Gasteiger partial charge in [0, 0.05) is 19.3 Å². The van der Waals surface area contributed by atoms with Crippen molar-refractivity contribution in [3.8, 4) is 0 Å². The van der Waals surface area contributed by atoms with Crippen LogP contribution >= 0.6 is 0 Å². The Labute approximate surface area is 370 Å². The molecule has 6 nitrogen and oxygen atoms in total. The SMILES string of the molecule is CC/C=C\C/C=C\C/C=C\C/C=C\C/C=C\C/C=C\CCC(=O)OCC(COC(=O)CCCCCCCCC)OC(=O)CCCCCCCCCCCCCCCCCC. The minimum absolute atomic E-state index is 0.0968. The van der Waals surface area contributed by atoms with Gasteiger partial charge in [0.1, 0.15) is 13.2 Å². The largest absolute Gasteiger partial charge is 0.462 e. The van der Waals surface area contributed by atoms with E-state index in [1.165, 1.54) is 109 Å². The number of allylic oxidation sites excluding steroid dienone is 12. The number of ether oxygens (including phenoxy) is 3. The lowest BCUT2D eigenvalue weighted by atomic mass is 10.0. The zero-order valence-corrected chi connectivity index (χ0v) is 39.2. The molecule has 344 valence electrons. The maximum absolute atomic E-state index is 12.7. The molecule has 0 heterocycles. The van der Waals surface area contributed by atoms with Crippen LogP contribution in [0, 0.1) is 0 Å². The molecule has 0 rings (SSSR count). The number of carbonyl (C=O) groups excluding carboxylic acids is 3. The molecule has 0 aliphatic heterocycles. The van der Waals surface area contributed by atoms with Gasteiger partial charge in [-0.25, -0.2) is 0 Å². The summed E-state index contributed by atoms with van der Waals surface area (Å²) in [5.74, 6) is -0.989. The second-order valence-electron chi connectivity index (χ2n) is 16.4. The van der Waals surface area contributed by atoms with Gasteiger partial charge in [0.15, 0.2) is 6.10 Å². The van der Waals surface area contributed by atoms with Crippen LogP contribution in [-0.2, 0) is 28.6 Å². The Bertz CT molecular complexity index is 1140. The topological polar surface area (TPSA) is 78.9 Å². The highest BCUT2D eigenvalue weighted by Gasteiger charge is 2.19. The van der Waals surface area contributed by atoms with Crippen molar-refractivity contribution in [3.05, 3.63) is 72.9 Å². The van der Waals surface area contributed by atoms with Crippen LogP contribution in [0.15, 0.2) is 72.9 Å². The van der Waals surface area contributed by atoms with E-state index in [2.05, 4.69) is 87.6 Å². The van der Waals surface area contributed by atoms with Crippen LogP contribution in [0.3, 0.4) is 0 Å². The van der Waals surface area contributed by atoms with Crippen molar-refractivity contribution < 1.29 is 28.6 Å². The van der Waals surface area contributed by atoms with Crippen LogP contribution in [0.4, 0.5) is 0 Å². The van der Waals surface area contributed by atoms with Crippen molar-refractivity contribution in [1.82, 2.24) is 0 Å². The highest BCUT2D eigenvalue weighted by Crippen LogP contribution is 2.15. The summed E-state index contributed by atoms with van der Waals surface area (Å²) >= 11 is 0. The van der Waals surface area contributed by atoms with Gasteiger partial charge in [-0.15, -0.1) is 0 Å². The van der Waals surface area contributed by atoms with E-state index in [4.69, 9.17) is 14.2 Å². The summed E-state index contributed by atoms with van der Waals surface area (Å²) in [5, 5.41) is 0. The van der Waals surface area contributed by atoms with Gasteiger partial charge >= 0.3 is 17.9 Å². The Morgan fingerprint density at radius 2 is 0.650 bits per heavy atom. The number of rotatable bonds is 44. The Morgan fingerprint density at radius 1 is 0.350 bits per heavy atom. The molecule has 0 aliphatic rings. The molecule has 0 radical (unpaired) electrons. The molecule has 0 aromatic carbocycles. The molecule has 0 saturated heterocycles. The van der Waals surface area contributed by atoms with Crippen molar-refractivity contribution in [1.29, 1.82) is 0 Å². The maximum Gasteiger partial charge on any atom is 0.306 e. The number of unbranched alkanes of at least 4 members (excludes halogenated alkanes) is 21. The van der Waals surface area contributed by atoms with Crippen LogP contribution in [0.5, 0.6) is 0 Å². The van der Waals surface area contributed by atoms with Crippen LogP contribution in [0.1, 0.15) is 233 Å². The van der Waals surface area contributed by atoms with E-state index in [9.17, 15) is 14.4 Å². The first-order valence-electron chi connectivity index (χ1n) is 24.9. The summed E-state index contributed by atoms with van der Waals surface area (Å²) in [7, 11) is 0. The first-order valence-corrected chi connectivity index (χ1v) is 24.9. The molecule has 0 amide bonds. The Hall–Kier alpha value is -3.15. The van der Waals surface area contributed by atoms with E-state index >= 15 is 0 Å². The second kappa shape index (κ2) is 48.5. The Balaban J connectivity index is 4.38. The van der Waals surface area contributed by atoms with Gasteiger partial charge in [0.05, 0.1) is 0 Å². The van der Waals surface area contributed by atoms with Gasteiger partial charge in [-0.1, -0.05) is 229 Å². The summed E-state index contributed by atoms with van der Waals surface area (Å²) in [6.07, 6.45) is 60.5. The average Bonchev–Trinajstić information content (AvgIpc) is 3.24. The summed E-state index contributed by atoms with van der Waals surface area (Å²) in [6, 6.07) is 0. The number of hydrogen-bond donors (Lipinski definition) is 0. The number of hydrogen-bond acceptors (Lipinski definition) is 6. The average molecular weight is 837 g/mol. The molecule has 1 unspecified atom stereocenters. The van der Waals surface area contributed by atoms with E-state index in [-0.39, 0.29) is 37.5 Å². The quantitative estimate of drug-likeness (QED) is 0.0263. The van der Waals surface area contributed by atoms with Gasteiger partial charge in [-0.2, -0.15) is 0 Å². The molecule has 0 aromatic rings. The second-order valence-corrected chi connectivity index (χ2v) is 16.4. The van der Waals surface area contributed by atoms with Gasteiger partial charge in [-0.05, 0) is 57.8 Å². The van der Waals surface area contributed by atoms with Crippen LogP contribution < -0.4 is 0 Å². The van der Waals surface area contributed by atoms with Gasteiger partial charge in [-0.3, -0.25) is 14.4 Å². The molecule has 6 heteroatoms. The third-order valence-corrected chi connectivity index (χ3v) is 10.5. The molecule has 0 fully saturated rings. The van der Waals surface area contributed by atoms with Crippen molar-refractivity contribution in [2.45, 2.75) is 239 Å². The van der Waals surface area contributed by atoms with Crippen molar-refractivity contribution >= 4 is 17.9 Å². The molecular weight excluding hydrogens is 745 g/mol. The normalized spacial score (nSPS) is 12.7. The summed E-state index contributed by atoms with van der Waals surface area (Å²) in [5.41, 5.74) is 0. The molecule has 60 heavy (non-hydrogen) atoms. The van der Waals surface area contributed by atoms with Gasteiger partial charge < -0.3 is 14.2 Å². The predicted molar refractivity (Wildman–Crippen MR) is 256 cm³/mol. The van der Waals surface area contributed by atoms with E-state index < -0.39 is 6.10 Å². The standard InChI is InChI=1S/C54H92O6/c1-4-7-10-13-16-18-20-22-24-26-27-28-30-31-33-35-38-41-44-47-53(56)59-50-51(49-58-52(55)46-43-40-37-15-12-9-6-3)60-54(57)48-45-42-39-36-34-32-29-25-23-21-19-17-14-11-8-5-2/h7,10,16,18,22,24,27-28,31,33,38,41,51H,4-6,8-9,11-15,17,19-21,23,25-26,29-30,32,34-37,39-40,42-50H2,1-3H3/b10-7-,18-16-,24-22-,28-27-,33-31-,41-38-. The first kappa shape index (κ1) is 56.9. The summed E-state index contributed by atoms with van der Waals surface area (Å²) < 4.78 is 16.6. The lowest BCUT2D eigenvalue weighted by Crippen LogP contribution is -2.30. The smallest absolute Gasteiger partial charge is 0.306 e. The van der Waals surface area contributed by atoms with E-state index in [1.807, 2.05) is 6.08 Å². The van der Waals surface area contributed by atoms with E-state index in [0.717, 1.165) is 77.0 Å². The summed E-state index contributed by atoms with van der Waals surface area (Å²) in [6.45, 7) is 6.42. The zero-order chi connectivity index (χ0) is 43.7. The molecule has 0 saturated carbocycles. The molecule has 1 atom stereocenters. The fourth-order valence-electron chi connectivity index (χ4n) is 6.76. The molecule has 0 aromatic heterocycles. The molecular formula is C54H92O6. The van der Waals surface area contributed by atoms with Crippen LogP contribution in [0.2, 0.25) is 0 Å². The molecule has 0 N–H and O–H groups in total. The third-order valence-electron chi connectivity index (χ3n) is 10.5. The zero-order valence-electron chi connectivity index (χ0n) is 39.2.